The molecule has 0 rings (SSSR count). The summed E-state index contributed by atoms with van der Waals surface area (Å²) < 4.78 is 0. The van der Waals surface area contributed by atoms with E-state index in [1.807, 2.05) is 0 Å². The Morgan fingerprint density at radius 2 is 2.18 bits per heavy atom. The molecule has 0 aromatic carbocycles. The summed E-state index contributed by atoms with van der Waals surface area (Å²) in [7, 11) is 1.31. The molecule has 0 nitrogen and oxygen atoms in total. The molecular weight excluding hydrogens is 170 g/mol. The zero-order valence-corrected chi connectivity index (χ0v) is 10.0. The Balaban J connectivity index is 3.50. The van der Waals surface area contributed by atoms with Crippen LogP contribution in [-0.4, -0.2) is 25.7 Å². The first-order valence-corrected chi connectivity index (χ1v) is 7.89. The minimum absolute atomic E-state index is 0.309. The summed E-state index contributed by atoms with van der Waals surface area (Å²) in [6.45, 7) is 9.18. The summed E-state index contributed by atoms with van der Waals surface area (Å²) in [5.74, 6) is 0. The molecule has 0 aliphatic carbocycles. The van der Waals surface area contributed by atoms with Crippen LogP contribution < -0.4 is 0 Å². The Morgan fingerprint density at radius 3 is 2.64 bits per heavy atom. The zero-order chi connectivity index (χ0) is 8.69. The fourth-order valence-electron chi connectivity index (χ4n) is 0.868. The Hall–Kier alpha value is 0.600. The van der Waals surface area contributed by atoms with Crippen LogP contribution in [0.3, 0.4) is 0 Å². The highest BCUT2D eigenvalue weighted by atomic mass is 31.1. The molecule has 0 amide bonds. The molecule has 0 aromatic rings. The first-order chi connectivity index (χ1) is 5.20. The maximum Gasteiger partial charge on any atom is -0.0141 e. The topological polar surface area (TPSA) is 0 Å². The predicted molar refractivity (Wildman–Crippen MR) is 60.9 cm³/mol. The van der Waals surface area contributed by atoms with Crippen molar-refractivity contribution in [2.75, 3.05) is 25.7 Å². The fraction of sp³-hybridized carbons (Fsp3) is 0.778. The highest BCUT2D eigenvalue weighted by Crippen LogP contribution is 2.32. The summed E-state index contributed by atoms with van der Waals surface area (Å²) in [4.78, 5) is 0. The van der Waals surface area contributed by atoms with Crippen LogP contribution in [0.5, 0.6) is 0 Å². The second-order valence-electron chi connectivity index (χ2n) is 2.90. The monoisotopic (exact) mass is 190 g/mol. The average Bonchev–Trinajstić information content (AvgIpc) is 2.01. The molecule has 0 aromatic heterocycles. The Morgan fingerprint density at radius 1 is 1.55 bits per heavy atom. The third-order valence-electron chi connectivity index (χ3n) is 1.71. The van der Waals surface area contributed by atoms with Crippen molar-refractivity contribution in [3.8, 4) is 0 Å². The maximum atomic E-state index is 2.43. The van der Waals surface area contributed by atoms with Gasteiger partial charge in [0, 0.05) is 0 Å². The van der Waals surface area contributed by atoms with Crippen molar-refractivity contribution < 1.29 is 0 Å². The Kier molecular flexibility index (Phi) is 7.66. The van der Waals surface area contributed by atoms with Crippen molar-refractivity contribution in [3.05, 3.63) is 11.4 Å². The van der Waals surface area contributed by atoms with Gasteiger partial charge in [0.1, 0.15) is 0 Å². The molecule has 2 heteroatoms. The van der Waals surface area contributed by atoms with E-state index in [1.54, 1.807) is 5.31 Å². The Labute approximate surface area is 74.4 Å². The number of rotatable bonds is 5. The van der Waals surface area contributed by atoms with Gasteiger partial charge in [-0.1, -0.05) is 33.3 Å². The minimum Gasteiger partial charge on any atom is -0.106 e. The number of hydrogen-bond donors (Lipinski definition) is 0. The molecule has 66 valence electrons. The standard InChI is InChI=1S/C9H20P2/c1-5-7-11(4)8-6-9(2)10-3/h6,10H,5,7-8H2,1-4H3/b9-6+/t11-/m0/s1. The Bertz CT molecular complexity index is 119. The van der Waals surface area contributed by atoms with E-state index >= 15 is 0 Å². The van der Waals surface area contributed by atoms with E-state index in [1.165, 1.54) is 18.7 Å². The molecular formula is C9H20P2. The summed E-state index contributed by atoms with van der Waals surface area (Å²) in [5, 5.41) is 1.58. The van der Waals surface area contributed by atoms with E-state index in [0.29, 0.717) is 7.92 Å². The van der Waals surface area contributed by atoms with Gasteiger partial charge in [-0.2, -0.15) is 0 Å². The molecule has 0 N–H and O–H groups in total. The third-order valence-corrected chi connectivity index (χ3v) is 4.72. The average molecular weight is 190 g/mol. The fourth-order valence-corrected chi connectivity index (χ4v) is 2.88. The van der Waals surface area contributed by atoms with Gasteiger partial charge in [0.15, 0.2) is 0 Å². The van der Waals surface area contributed by atoms with Gasteiger partial charge in [-0.3, -0.25) is 0 Å². The molecule has 2 atom stereocenters. The van der Waals surface area contributed by atoms with Crippen LogP contribution in [0.2, 0.25) is 0 Å². The molecule has 0 bridgehead atoms. The summed E-state index contributed by atoms with van der Waals surface area (Å²) >= 11 is 0. The zero-order valence-electron chi connectivity index (χ0n) is 8.15. The molecule has 0 spiro atoms. The van der Waals surface area contributed by atoms with Crippen LogP contribution >= 0.6 is 16.5 Å². The van der Waals surface area contributed by atoms with Crippen LogP contribution in [-0.2, 0) is 0 Å². The van der Waals surface area contributed by atoms with Crippen molar-refractivity contribution in [1.29, 1.82) is 0 Å². The highest BCUT2D eigenvalue weighted by Gasteiger charge is 1.95. The molecule has 0 fully saturated rings. The van der Waals surface area contributed by atoms with Crippen LogP contribution in [0.15, 0.2) is 11.4 Å². The molecule has 0 saturated carbocycles. The summed E-state index contributed by atoms with van der Waals surface area (Å²) in [6.07, 6.45) is 6.56. The molecule has 0 heterocycles. The second-order valence-corrected chi connectivity index (χ2v) is 6.71. The van der Waals surface area contributed by atoms with E-state index in [2.05, 4.69) is 33.3 Å². The normalized spacial score (nSPS) is 16.2. The molecule has 0 saturated heterocycles. The van der Waals surface area contributed by atoms with Gasteiger partial charge in [-0.25, -0.2) is 0 Å². The predicted octanol–water partition coefficient (Wildman–Crippen LogP) is 3.72. The van der Waals surface area contributed by atoms with Crippen molar-refractivity contribution in [1.82, 2.24) is 0 Å². The van der Waals surface area contributed by atoms with Gasteiger partial charge in [0.25, 0.3) is 0 Å². The minimum atomic E-state index is 0.309. The van der Waals surface area contributed by atoms with Gasteiger partial charge < -0.3 is 0 Å². The van der Waals surface area contributed by atoms with Crippen molar-refractivity contribution in [2.24, 2.45) is 0 Å². The van der Waals surface area contributed by atoms with E-state index in [4.69, 9.17) is 0 Å². The number of allylic oxidation sites excluding steroid dienone is 2. The summed E-state index contributed by atoms with van der Waals surface area (Å²) in [5.41, 5.74) is 0. The SMILES string of the molecule is CCC[P@](C)C/C=C(\C)PC. The van der Waals surface area contributed by atoms with Gasteiger partial charge in [0.2, 0.25) is 0 Å². The van der Waals surface area contributed by atoms with Crippen molar-refractivity contribution in [2.45, 2.75) is 20.3 Å². The third kappa shape index (κ3) is 6.98. The summed E-state index contributed by atoms with van der Waals surface area (Å²) in [6, 6.07) is 0. The lowest BCUT2D eigenvalue weighted by Crippen LogP contribution is -1.84. The smallest absolute Gasteiger partial charge is 0.0141 e. The lowest BCUT2D eigenvalue weighted by atomic mass is 10.6. The molecule has 11 heavy (non-hydrogen) atoms. The highest BCUT2D eigenvalue weighted by molar-refractivity contribution is 7.57. The largest absolute Gasteiger partial charge is 0.106 e. The molecule has 0 radical (unpaired) electrons. The first-order valence-electron chi connectivity index (χ1n) is 4.23. The van der Waals surface area contributed by atoms with E-state index in [-0.39, 0.29) is 0 Å². The quantitative estimate of drug-likeness (QED) is 0.579. The van der Waals surface area contributed by atoms with E-state index < -0.39 is 0 Å². The van der Waals surface area contributed by atoms with Gasteiger partial charge in [0.05, 0.1) is 0 Å². The molecule has 1 unspecified atom stereocenters. The molecule has 0 aliphatic heterocycles. The van der Waals surface area contributed by atoms with Crippen LogP contribution in [0.25, 0.3) is 0 Å². The maximum absolute atomic E-state index is 2.43. The van der Waals surface area contributed by atoms with Crippen LogP contribution in [0, 0.1) is 0 Å². The van der Waals surface area contributed by atoms with Gasteiger partial charge in [-0.15, -0.1) is 7.92 Å². The van der Waals surface area contributed by atoms with Crippen LogP contribution in [0.1, 0.15) is 20.3 Å². The van der Waals surface area contributed by atoms with Gasteiger partial charge >= 0.3 is 0 Å². The first kappa shape index (κ1) is 11.6. The van der Waals surface area contributed by atoms with Crippen molar-refractivity contribution >= 4 is 16.5 Å². The van der Waals surface area contributed by atoms with E-state index in [9.17, 15) is 0 Å². The van der Waals surface area contributed by atoms with Crippen LogP contribution in [0.4, 0.5) is 0 Å². The number of hydrogen-bond acceptors (Lipinski definition) is 0. The van der Waals surface area contributed by atoms with Crippen molar-refractivity contribution in [3.63, 3.8) is 0 Å². The lowest BCUT2D eigenvalue weighted by molar-refractivity contribution is 1.09. The lowest BCUT2D eigenvalue weighted by Gasteiger charge is -2.07. The second kappa shape index (κ2) is 7.26. The van der Waals surface area contributed by atoms with Gasteiger partial charge in [-0.05, 0) is 32.6 Å². The molecule has 0 aliphatic rings. The van der Waals surface area contributed by atoms with E-state index in [0.717, 1.165) is 8.58 Å².